The van der Waals surface area contributed by atoms with E-state index in [-0.39, 0.29) is 0 Å². The Hall–Kier alpha value is -2.63. The minimum absolute atomic E-state index is 0.687. The Kier molecular flexibility index (Phi) is 4.02. The van der Waals surface area contributed by atoms with Gasteiger partial charge in [-0.3, -0.25) is 0 Å². The summed E-state index contributed by atoms with van der Waals surface area (Å²) in [6, 6.07) is 16.1. The minimum atomic E-state index is 0.687. The van der Waals surface area contributed by atoms with Gasteiger partial charge in [-0.25, -0.2) is 15.0 Å². The van der Waals surface area contributed by atoms with E-state index in [2.05, 4.69) is 21.5 Å². The second-order valence-electron chi connectivity index (χ2n) is 5.09. The number of hydrogen-bond acceptors (Lipinski definition) is 5. The molecule has 0 amide bonds. The Labute approximate surface area is 148 Å². The summed E-state index contributed by atoms with van der Waals surface area (Å²) in [7, 11) is 0. The van der Waals surface area contributed by atoms with Crippen molar-refractivity contribution in [2.45, 2.75) is 0 Å². The van der Waals surface area contributed by atoms with Gasteiger partial charge in [0, 0.05) is 5.56 Å². The van der Waals surface area contributed by atoms with E-state index in [9.17, 15) is 0 Å². The van der Waals surface area contributed by atoms with Gasteiger partial charge >= 0.3 is 0 Å². The first kappa shape index (κ1) is 14.9. The van der Waals surface area contributed by atoms with E-state index >= 15 is 0 Å². The van der Waals surface area contributed by atoms with Crippen LogP contribution in [0, 0.1) is 0 Å². The summed E-state index contributed by atoms with van der Waals surface area (Å²) in [6.07, 6.45) is 1.82. The van der Waals surface area contributed by atoms with Gasteiger partial charge in [0.25, 0.3) is 0 Å². The molecule has 5 heteroatoms. The highest BCUT2D eigenvalue weighted by Crippen LogP contribution is 2.28. The summed E-state index contributed by atoms with van der Waals surface area (Å²) >= 11 is 3.26. The van der Waals surface area contributed by atoms with E-state index < -0.39 is 0 Å². The first-order valence-electron chi connectivity index (χ1n) is 7.40. The van der Waals surface area contributed by atoms with Crippen molar-refractivity contribution in [2.24, 2.45) is 0 Å². The Balaban J connectivity index is 1.87. The van der Waals surface area contributed by atoms with E-state index in [4.69, 9.17) is 0 Å². The summed E-state index contributed by atoms with van der Waals surface area (Å²) in [5, 5.41) is 4.06. The summed E-state index contributed by atoms with van der Waals surface area (Å²) in [5.74, 6) is 2.12. The summed E-state index contributed by atoms with van der Waals surface area (Å²) in [4.78, 5) is 16.1. The van der Waals surface area contributed by atoms with Gasteiger partial charge in [-0.05, 0) is 28.5 Å². The molecule has 0 spiro atoms. The van der Waals surface area contributed by atoms with E-state index in [0.717, 1.165) is 20.9 Å². The van der Waals surface area contributed by atoms with Crippen molar-refractivity contribution in [1.82, 2.24) is 15.0 Å². The molecule has 0 saturated carbocycles. The lowest BCUT2D eigenvalue weighted by atomic mass is 10.1. The van der Waals surface area contributed by atoms with Gasteiger partial charge in [0.15, 0.2) is 17.5 Å². The third-order valence-corrected chi connectivity index (χ3v) is 5.25. The van der Waals surface area contributed by atoms with Crippen molar-refractivity contribution in [3.8, 4) is 32.8 Å². The molecule has 0 atom stereocenters. The van der Waals surface area contributed by atoms with E-state index in [1.165, 1.54) is 0 Å². The number of thiophene rings is 2. The highest BCUT2D eigenvalue weighted by molar-refractivity contribution is 7.13. The molecule has 3 nitrogen and oxygen atoms in total. The first-order chi connectivity index (χ1) is 11.8. The first-order valence-corrected chi connectivity index (χ1v) is 9.16. The molecular weight excluding hydrogens is 334 g/mol. The average molecular weight is 347 g/mol. The van der Waals surface area contributed by atoms with Gasteiger partial charge < -0.3 is 0 Å². The fraction of sp³-hybridized carbons (Fsp3) is 0. The van der Waals surface area contributed by atoms with Gasteiger partial charge in [0.05, 0.1) is 9.75 Å². The Morgan fingerprint density at radius 2 is 1.25 bits per heavy atom. The summed E-state index contributed by atoms with van der Waals surface area (Å²) in [5.41, 5.74) is 2.04. The SMILES string of the molecule is C=Cc1ccc(-c2nc(-c3cccs3)nc(-c3cccs3)n2)cc1. The number of benzene rings is 1. The van der Waals surface area contributed by atoms with Crippen LogP contribution in [0.3, 0.4) is 0 Å². The summed E-state index contributed by atoms with van der Waals surface area (Å²) < 4.78 is 0. The molecule has 3 aromatic heterocycles. The summed E-state index contributed by atoms with van der Waals surface area (Å²) in [6.45, 7) is 3.79. The van der Waals surface area contributed by atoms with Gasteiger partial charge in [-0.1, -0.05) is 49.1 Å². The van der Waals surface area contributed by atoms with Crippen LogP contribution >= 0.6 is 22.7 Å². The van der Waals surface area contributed by atoms with Gasteiger partial charge in [0.2, 0.25) is 0 Å². The van der Waals surface area contributed by atoms with Crippen molar-refractivity contribution >= 4 is 28.7 Å². The molecule has 0 bridgehead atoms. The number of hydrogen-bond donors (Lipinski definition) is 0. The lowest BCUT2D eigenvalue weighted by molar-refractivity contribution is 1.08. The molecule has 0 saturated heterocycles. The standard InChI is InChI=1S/C19H13N3S2/c1-2-13-7-9-14(10-8-13)17-20-18(15-5-3-11-23-15)22-19(21-17)16-6-4-12-24-16/h2-12H,1H2. The zero-order valence-electron chi connectivity index (χ0n) is 12.7. The van der Waals surface area contributed by atoms with Crippen molar-refractivity contribution in [2.75, 3.05) is 0 Å². The quantitative estimate of drug-likeness (QED) is 0.479. The molecule has 0 N–H and O–H groups in total. The molecule has 0 radical (unpaired) electrons. The molecule has 0 aliphatic carbocycles. The second kappa shape index (κ2) is 6.47. The largest absolute Gasteiger partial charge is 0.207 e. The highest BCUT2D eigenvalue weighted by Gasteiger charge is 2.13. The number of nitrogens with zero attached hydrogens (tertiary/aromatic N) is 3. The smallest absolute Gasteiger partial charge is 0.174 e. The average Bonchev–Trinajstić information content (AvgIpc) is 3.35. The van der Waals surface area contributed by atoms with Gasteiger partial charge in [0.1, 0.15) is 0 Å². The monoisotopic (exact) mass is 347 g/mol. The van der Waals surface area contributed by atoms with Crippen molar-refractivity contribution in [3.63, 3.8) is 0 Å². The molecule has 1 aromatic carbocycles. The molecule has 3 heterocycles. The van der Waals surface area contributed by atoms with E-state index in [1.54, 1.807) is 22.7 Å². The Bertz CT molecular complexity index is 904. The van der Waals surface area contributed by atoms with Gasteiger partial charge in [-0.2, -0.15) is 0 Å². The minimum Gasteiger partial charge on any atom is -0.207 e. The van der Waals surface area contributed by atoms with Crippen molar-refractivity contribution in [3.05, 3.63) is 71.4 Å². The van der Waals surface area contributed by atoms with E-state index in [1.807, 2.05) is 65.4 Å². The third-order valence-electron chi connectivity index (χ3n) is 3.52. The third kappa shape index (κ3) is 2.91. The van der Waals surface area contributed by atoms with Crippen LogP contribution < -0.4 is 0 Å². The van der Waals surface area contributed by atoms with Crippen LogP contribution in [0.15, 0.2) is 65.9 Å². The van der Waals surface area contributed by atoms with Crippen molar-refractivity contribution in [1.29, 1.82) is 0 Å². The molecular formula is C19H13N3S2. The van der Waals surface area contributed by atoms with Crippen LogP contribution in [-0.2, 0) is 0 Å². The molecule has 0 aliphatic heterocycles. The number of rotatable bonds is 4. The van der Waals surface area contributed by atoms with Crippen LogP contribution in [0.2, 0.25) is 0 Å². The number of aromatic nitrogens is 3. The second-order valence-corrected chi connectivity index (χ2v) is 6.98. The molecule has 4 rings (SSSR count). The van der Waals surface area contributed by atoms with Crippen molar-refractivity contribution < 1.29 is 0 Å². The molecule has 4 aromatic rings. The highest BCUT2D eigenvalue weighted by atomic mass is 32.1. The normalized spacial score (nSPS) is 10.7. The van der Waals surface area contributed by atoms with Crippen LogP contribution in [0.25, 0.3) is 38.9 Å². The molecule has 0 unspecified atom stereocenters. The van der Waals surface area contributed by atoms with Crippen LogP contribution in [0.5, 0.6) is 0 Å². The van der Waals surface area contributed by atoms with Crippen LogP contribution in [-0.4, -0.2) is 15.0 Å². The molecule has 116 valence electrons. The van der Waals surface area contributed by atoms with E-state index in [0.29, 0.717) is 17.5 Å². The predicted molar refractivity (Wildman–Crippen MR) is 102 cm³/mol. The fourth-order valence-corrected chi connectivity index (χ4v) is 3.62. The predicted octanol–water partition coefficient (Wildman–Crippen LogP) is 5.64. The van der Waals surface area contributed by atoms with Gasteiger partial charge in [-0.15, -0.1) is 22.7 Å². The lowest BCUT2D eigenvalue weighted by Gasteiger charge is -2.06. The Morgan fingerprint density at radius 1 is 0.708 bits per heavy atom. The zero-order chi connectivity index (χ0) is 16.4. The maximum atomic E-state index is 4.68. The maximum absolute atomic E-state index is 4.68. The lowest BCUT2D eigenvalue weighted by Crippen LogP contribution is -1.98. The molecule has 24 heavy (non-hydrogen) atoms. The zero-order valence-corrected chi connectivity index (χ0v) is 14.3. The topological polar surface area (TPSA) is 38.7 Å². The maximum Gasteiger partial charge on any atom is 0.174 e. The molecule has 0 fully saturated rings. The van der Waals surface area contributed by atoms with Crippen LogP contribution in [0.4, 0.5) is 0 Å². The Morgan fingerprint density at radius 3 is 1.71 bits per heavy atom. The van der Waals surface area contributed by atoms with Crippen LogP contribution in [0.1, 0.15) is 5.56 Å². The molecule has 0 aliphatic rings. The fourth-order valence-electron chi connectivity index (χ4n) is 2.31.